The number of benzene rings is 1. The number of nitrogens with zero attached hydrogens (tertiary/aromatic N) is 1. The summed E-state index contributed by atoms with van der Waals surface area (Å²) >= 11 is 0. The molecule has 1 aromatic carbocycles. The van der Waals surface area contributed by atoms with Crippen LogP contribution >= 0.6 is 0 Å². The molecular weight excluding hydrogens is 250 g/mol. The van der Waals surface area contributed by atoms with Crippen LogP contribution in [0.15, 0.2) is 54.9 Å². The van der Waals surface area contributed by atoms with E-state index < -0.39 is 0 Å². The summed E-state index contributed by atoms with van der Waals surface area (Å²) in [6, 6.07) is 12.9. The number of rotatable bonds is 2. The van der Waals surface area contributed by atoms with Gasteiger partial charge in [0, 0.05) is 17.8 Å². The van der Waals surface area contributed by atoms with Crippen molar-refractivity contribution < 1.29 is 21.9 Å². The normalized spacial score (nSPS) is 9.17. The third kappa shape index (κ3) is 4.07. The largest absolute Gasteiger partial charge is 1.00 e. The van der Waals surface area contributed by atoms with Crippen LogP contribution in [0.2, 0.25) is 0 Å². The molecule has 0 radical (unpaired) electrons. The number of anilines is 1. The van der Waals surface area contributed by atoms with Crippen LogP contribution in [0, 0.1) is 6.92 Å². The second-order valence-corrected chi connectivity index (χ2v) is 3.72. The molecule has 4 nitrogen and oxygen atoms in total. The van der Waals surface area contributed by atoms with Crippen LogP contribution in [-0.4, -0.2) is 6.03 Å². The number of aryl methyl sites for hydroxylation is 1. The fourth-order valence-corrected chi connectivity index (χ4v) is 1.47. The third-order valence-corrected chi connectivity index (χ3v) is 2.22. The third-order valence-electron chi connectivity index (χ3n) is 2.22. The molecule has 0 saturated heterocycles. The predicted molar refractivity (Wildman–Crippen MR) is 66.2 cm³/mol. The van der Waals surface area contributed by atoms with E-state index in [0.717, 1.165) is 11.3 Å². The highest BCUT2D eigenvalue weighted by Crippen LogP contribution is 2.08. The van der Waals surface area contributed by atoms with Crippen molar-refractivity contribution in [3.05, 3.63) is 60.4 Å². The Morgan fingerprint density at radius 3 is 2.50 bits per heavy atom. The molecule has 0 unspecified atom stereocenters. The van der Waals surface area contributed by atoms with Gasteiger partial charge in [-0.2, -0.15) is 0 Å². The number of hydrogen-bond acceptors (Lipinski definition) is 1. The van der Waals surface area contributed by atoms with Gasteiger partial charge in [-0.1, -0.05) is 22.9 Å². The van der Waals surface area contributed by atoms with Gasteiger partial charge >= 0.3 is 6.03 Å². The number of urea groups is 1. The molecule has 1 heterocycles. The SMILES string of the molecule is Cc1cccc(NC(=O)N[n+]2ccccc2)c1.[Cl-]. The van der Waals surface area contributed by atoms with E-state index in [1.165, 1.54) is 0 Å². The van der Waals surface area contributed by atoms with Crippen molar-refractivity contribution in [2.75, 3.05) is 10.7 Å². The second-order valence-electron chi connectivity index (χ2n) is 3.72. The van der Waals surface area contributed by atoms with E-state index in [9.17, 15) is 4.79 Å². The Morgan fingerprint density at radius 1 is 1.11 bits per heavy atom. The van der Waals surface area contributed by atoms with Crippen LogP contribution in [0.1, 0.15) is 5.56 Å². The van der Waals surface area contributed by atoms with Gasteiger partial charge < -0.3 is 17.7 Å². The monoisotopic (exact) mass is 263 g/mol. The van der Waals surface area contributed by atoms with Gasteiger partial charge in [-0.25, -0.2) is 4.79 Å². The highest BCUT2D eigenvalue weighted by molar-refractivity contribution is 5.93. The number of hydrogen-bond donors (Lipinski definition) is 2. The molecule has 0 saturated carbocycles. The molecule has 18 heavy (non-hydrogen) atoms. The van der Waals surface area contributed by atoms with Gasteiger partial charge in [-0.3, -0.25) is 0 Å². The van der Waals surface area contributed by atoms with E-state index in [4.69, 9.17) is 0 Å². The molecule has 0 spiro atoms. The molecule has 0 bridgehead atoms. The summed E-state index contributed by atoms with van der Waals surface area (Å²) in [7, 11) is 0. The summed E-state index contributed by atoms with van der Waals surface area (Å²) in [5.41, 5.74) is 4.56. The molecule has 5 heteroatoms. The van der Waals surface area contributed by atoms with Crippen molar-refractivity contribution in [3.8, 4) is 0 Å². The second kappa shape index (κ2) is 6.61. The summed E-state index contributed by atoms with van der Waals surface area (Å²) in [5, 5.41) is 2.76. The summed E-state index contributed by atoms with van der Waals surface area (Å²) in [6.45, 7) is 1.98. The van der Waals surface area contributed by atoms with Gasteiger partial charge in [0.15, 0.2) is 12.4 Å². The first-order valence-corrected chi connectivity index (χ1v) is 5.35. The van der Waals surface area contributed by atoms with E-state index in [2.05, 4.69) is 10.7 Å². The van der Waals surface area contributed by atoms with E-state index in [1.807, 2.05) is 49.4 Å². The van der Waals surface area contributed by atoms with Gasteiger partial charge in [-0.05, 0) is 24.6 Å². The maximum atomic E-state index is 11.7. The quantitative estimate of drug-likeness (QED) is 0.675. The van der Waals surface area contributed by atoms with Crippen molar-refractivity contribution in [2.45, 2.75) is 6.92 Å². The van der Waals surface area contributed by atoms with Gasteiger partial charge in [0.1, 0.15) is 0 Å². The van der Waals surface area contributed by atoms with Crippen molar-refractivity contribution in [1.82, 2.24) is 0 Å². The lowest BCUT2D eigenvalue weighted by Gasteiger charge is -2.04. The molecule has 1 aromatic heterocycles. The predicted octanol–water partition coefficient (Wildman–Crippen LogP) is -0.938. The first-order chi connectivity index (χ1) is 8.24. The number of amides is 2. The highest BCUT2D eigenvalue weighted by atomic mass is 35.5. The summed E-state index contributed by atoms with van der Waals surface area (Å²) in [5.74, 6) is 0. The standard InChI is InChI=1S/C13H13N3O.ClH/c1-11-6-5-7-12(10-11)14-13(17)15-16-8-3-2-4-9-16;/h2-10H,1H3,(H-,14,15,17);1H. The number of carbonyl (C=O) groups excluding carboxylic acids is 1. The molecule has 0 fully saturated rings. The Morgan fingerprint density at radius 2 is 1.83 bits per heavy atom. The van der Waals surface area contributed by atoms with E-state index >= 15 is 0 Å². The smallest absolute Gasteiger partial charge is 0.372 e. The Labute approximate surface area is 112 Å². The summed E-state index contributed by atoms with van der Waals surface area (Å²) in [6.07, 6.45) is 3.52. The van der Waals surface area contributed by atoms with Crippen LogP contribution in [0.4, 0.5) is 10.5 Å². The minimum atomic E-state index is -0.271. The fraction of sp³-hybridized carbons (Fsp3) is 0.0769. The highest BCUT2D eigenvalue weighted by Gasteiger charge is 2.06. The molecule has 2 amide bonds. The topological polar surface area (TPSA) is 45.0 Å². The van der Waals surface area contributed by atoms with Crippen LogP contribution < -0.4 is 27.8 Å². The molecule has 0 atom stereocenters. The van der Waals surface area contributed by atoms with E-state index in [1.54, 1.807) is 17.1 Å². The Hall–Kier alpha value is -2.07. The Kier molecular flexibility index (Phi) is 5.14. The first kappa shape index (κ1) is 14.0. The van der Waals surface area contributed by atoms with Gasteiger partial charge in [-0.15, -0.1) is 5.43 Å². The zero-order valence-electron chi connectivity index (χ0n) is 9.93. The van der Waals surface area contributed by atoms with Crippen LogP contribution in [0.25, 0.3) is 0 Å². The number of pyridine rings is 1. The minimum Gasteiger partial charge on any atom is -1.00 e. The van der Waals surface area contributed by atoms with Crippen LogP contribution in [-0.2, 0) is 0 Å². The van der Waals surface area contributed by atoms with E-state index in [-0.39, 0.29) is 18.4 Å². The molecule has 2 N–H and O–H groups in total. The zero-order valence-corrected chi connectivity index (χ0v) is 10.7. The molecule has 0 aliphatic heterocycles. The molecule has 0 aliphatic carbocycles. The average molecular weight is 264 g/mol. The average Bonchev–Trinajstić information content (AvgIpc) is 2.30. The van der Waals surface area contributed by atoms with Gasteiger partial charge in [0.25, 0.3) is 0 Å². The molecule has 2 aromatic rings. The fourth-order valence-electron chi connectivity index (χ4n) is 1.47. The Bertz CT molecular complexity index is 517. The number of aromatic nitrogens is 1. The van der Waals surface area contributed by atoms with Crippen molar-refractivity contribution in [3.63, 3.8) is 0 Å². The lowest BCUT2D eigenvalue weighted by molar-refractivity contribution is -0.641. The maximum absolute atomic E-state index is 11.7. The summed E-state index contributed by atoms with van der Waals surface area (Å²) < 4.78 is 1.59. The minimum absolute atomic E-state index is 0. The van der Waals surface area contributed by atoms with Crippen LogP contribution in [0.5, 0.6) is 0 Å². The van der Waals surface area contributed by atoms with Crippen molar-refractivity contribution >= 4 is 11.7 Å². The molecule has 0 aliphatic rings. The van der Waals surface area contributed by atoms with Gasteiger partial charge in [0.2, 0.25) is 0 Å². The number of nitrogens with one attached hydrogen (secondary N) is 2. The molecule has 2 rings (SSSR count). The van der Waals surface area contributed by atoms with Crippen molar-refractivity contribution in [1.29, 1.82) is 0 Å². The van der Waals surface area contributed by atoms with Gasteiger partial charge in [0.05, 0.1) is 0 Å². The molecular formula is C13H14ClN3O. The van der Waals surface area contributed by atoms with Crippen LogP contribution in [0.3, 0.4) is 0 Å². The first-order valence-electron chi connectivity index (χ1n) is 5.35. The zero-order chi connectivity index (χ0) is 12.1. The summed E-state index contributed by atoms with van der Waals surface area (Å²) in [4.78, 5) is 11.7. The van der Waals surface area contributed by atoms with E-state index in [0.29, 0.717) is 0 Å². The maximum Gasteiger partial charge on any atom is 0.372 e. The number of carbonyl (C=O) groups is 1. The lowest BCUT2D eigenvalue weighted by Crippen LogP contribution is -3.00. The Balaban J connectivity index is 0.00000162. The van der Waals surface area contributed by atoms with Crippen molar-refractivity contribution in [2.24, 2.45) is 0 Å². The number of halogens is 1. The lowest BCUT2D eigenvalue weighted by atomic mass is 10.2. The molecule has 94 valence electrons.